The van der Waals surface area contributed by atoms with Gasteiger partial charge in [-0.2, -0.15) is 0 Å². The van der Waals surface area contributed by atoms with Crippen molar-refractivity contribution in [3.05, 3.63) is 35.4 Å². The van der Waals surface area contributed by atoms with Crippen molar-refractivity contribution in [2.75, 3.05) is 0 Å². The normalized spacial score (nSPS) is 11.4. The third-order valence-corrected chi connectivity index (χ3v) is 2.42. The van der Waals surface area contributed by atoms with Crippen LogP contribution >= 0.6 is 0 Å². The summed E-state index contributed by atoms with van der Waals surface area (Å²) in [5.74, 6) is -3.71. The monoisotopic (exact) mass is 279 g/mol. The van der Waals surface area contributed by atoms with E-state index in [1.807, 2.05) is 0 Å². The quantitative estimate of drug-likeness (QED) is 0.517. The Morgan fingerprint density at radius 3 is 2.25 bits per heavy atom. The van der Waals surface area contributed by atoms with E-state index in [9.17, 15) is 19.2 Å². The van der Waals surface area contributed by atoms with E-state index in [4.69, 9.17) is 16.6 Å². The van der Waals surface area contributed by atoms with E-state index in [-0.39, 0.29) is 11.1 Å². The highest BCUT2D eigenvalue weighted by Gasteiger charge is 2.22. The highest BCUT2D eigenvalue weighted by molar-refractivity contribution is 6.00. The van der Waals surface area contributed by atoms with Gasteiger partial charge in [-0.05, 0) is 18.2 Å². The molecule has 106 valence electrons. The molecule has 0 aromatic heterocycles. The predicted molar refractivity (Wildman–Crippen MR) is 67.7 cm³/mol. The molecular weight excluding hydrogens is 266 g/mol. The maximum atomic E-state index is 11.8. The van der Waals surface area contributed by atoms with Gasteiger partial charge in [0, 0.05) is 11.1 Å². The molecule has 0 aliphatic carbocycles. The van der Waals surface area contributed by atoms with Gasteiger partial charge >= 0.3 is 5.97 Å². The van der Waals surface area contributed by atoms with Crippen LogP contribution in [0, 0.1) is 0 Å². The molecule has 8 nitrogen and oxygen atoms in total. The number of nitrogens with one attached hydrogen (secondary N) is 1. The third kappa shape index (κ3) is 4.09. The fraction of sp³-hybridized carbons (Fsp3) is 0.167. The van der Waals surface area contributed by atoms with E-state index in [0.29, 0.717) is 0 Å². The molecule has 0 heterocycles. The van der Waals surface area contributed by atoms with Crippen molar-refractivity contribution in [2.24, 2.45) is 11.5 Å². The number of primary amides is 2. The summed E-state index contributed by atoms with van der Waals surface area (Å²) in [5.41, 5.74) is 10.1. The first-order chi connectivity index (χ1) is 9.31. The summed E-state index contributed by atoms with van der Waals surface area (Å²) in [7, 11) is 0. The maximum Gasteiger partial charge on any atom is 0.326 e. The Kier molecular flexibility index (Phi) is 4.79. The summed E-state index contributed by atoms with van der Waals surface area (Å²) in [5, 5.41) is 11.0. The lowest BCUT2D eigenvalue weighted by atomic mass is 10.1. The molecule has 20 heavy (non-hydrogen) atoms. The fourth-order valence-corrected chi connectivity index (χ4v) is 1.46. The number of hydrogen-bond donors (Lipinski definition) is 4. The third-order valence-electron chi connectivity index (χ3n) is 2.42. The predicted octanol–water partition coefficient (Wildman–Crippen LogP) is -1.16. The zero-order valence-electron chi connectivity index (χ0n) is 10.3. The van der Waals surface area contributed by atoms with E-state index in [1.165, 1.54) is 24.3 Å². The van der Waals surface area contributed by atoms with Crippen LogP contribution in [0.2, 0.25) is 0 Å². The van der Waals surface area contributed by atoms with Crippen molar-refractivity contribution < 1.29 is 24.3 Å². The van der Waals surface area contributed by atoms with Gasteiger partial charge in [0.15, 0.2) is 0 Å². The van der Waals surface area contributed by atoms with Gasteiger partial charge in [0.2, 0.25) is 11.8 Å². The average Bonchev–Trinajstić information content (AvgIpc) is 2.37. The maximum absolute atomic E-state index is 11.8. The van der Waals surface area contributed by atoms with Gasteiger partial charge in [-0.3, -0.25) is 14.4 Å². The van der Waals surface area contributed by atoms with Crippen molar-refractivity contribution >= 4 is 23.7 Å². The highest BCUT2D eigenvalue weighted by Crippen LogP contribution is 2.05. The van der Waals surface area contributed by atoms with E-state index in [1.54, 1.807) is 0 Å². The summed E-state index contributed by atoms with van der Waals surface area (Å²) in [6.45, 7) is 0. The van der Waals surface area contributed by atoms with Crippen LogP contribution in [0.25, 0.3) is 0 Å². The molecule has 6 N–H and O–H groups in total. The number of nitrogens with two attached hydrogens (primary N) is 2. The van der Waals surface area contributed by atoms with Gasteiger partial charge in [0.05, 0.1) is 6.42 Å². The minimum Gasteiger partial charge on any atom is -0.480 e. The molecule has 0 saturated heterocycles. The Balaban J connectivity index is 2.88. The van der Waals surface area contributed by atoms with Crippen LogP contribution in [0.5, 0.6) is 0 Å². The molecule has 0 saturated carbocycles. The second-order valence-corrected chi connectivity index (χ2v) is 3.98. The molecule has 0 unspecified atom stereocenters. The van der Waals surface area contributed by atoms with E-state index in [0.717, 1.165) is 0 Å². The molecule has 0 fully saturated rings. The molecule has 3 amide bonds. The molecule has 1 aromatic rings. The molecule has 0 bridgehead atoms. The topological polar surface area (TPSA) is 153 Å². The van der Waals surface area contributed by atoms with Gasteiger partial charge < -0.3 is 21.9 Å². The van der Waals surface area contributed by atoms with Crippen molar-refractivity contribution in [3.63, 3.8) is 0 Å². The van der Waals surface area contributed by atoms with Crippen LogP contribution in [-0.4, -0.2) is 34.8 Å². The largest absolute Gasteiger partial charge is 0.480 e. The highest BCUT2D eigenvalue weighted by atomic mass is 16.4. The molecule has 0 spiro atoms. The first-order valence-corrected chi connectivity index (χ1v) is 5.53. The minimum atomic E-state index is -1.43. The Bertz CT molecular complexity index is 570. The number of carbonyl (C=O) groups is 4. The van der Waals surface area contributed by atoms with Crippen LogP contribution in [0.1, 0.15) is 27.1 Å². The van der Waals surface area contributed by atoms with Crippen molar-refractivity contribution in [3.8, 4) is 0 Å². The molecule has 8 heteroatoms. The summed E-state index contributed by atoms with van der Waals surface area (Å²) in [4.78, 5) is 44.4. The van der Waals surface area contributed by atoms with Crippen LogP contribution in [0.15, 0.2) is 24.3 Å². The molecule has 0 aliphatic heterocycles. The summed E-state index contributed by atoms with van der Waals surface area (Å²) in [6.07, 6.45) is -0.531. The Labute approximate surface area is 113 Å². The summed E-state index contributed by atoms with van der Waals surface area (Å²) in [6, 6.07) is 4.01. The number of carbonyl (C=O) groups excluding carboxylic acids is 3. The smallest absolute Gasteiger partial charge is 0.326 e. The second-order valence-electron chi connectivity index (χ2n) is 3.98. The van der Waals surface area contributed by atoms with Gasteiger partial charge in [-0.25, -0.2) is 4.79 Å². The van der Waals surface area contributed by atoms with Gasteiger partial charge in [-0.1, -0.05) is 6.07 Å². The lowest BCUT2D eigenvalue weighted by Crippen LogP contribution is -2.43. The van der Waals surface area contributed by atoms with Crippen LogP contribution in [-0.2, 0) is 9.59 Å². The Morgan fingerprint density at radius 1 is 1.15 bits per heavy atom. The summed E-state index contributed by atoms with van der Waals surface area (Å²) < 4.78 is 0. The van der Waals surface area contributed by atoms with Crippen LogP contribution in [0.4, 0.5) is 0 Å². The number of carboxylic acid groups (broad SMARTS) is 1. The first kappa shape index (κ1) is 15.2. The lowest BCUT2D eigenvalue weighted by Gasteiger charge is -2.13. The molecule has 0 radical (unpaired) electrons. The van der Waals surface area contributed by atoms with Crippen molar-refractivity contribution in [1.82, 2.24) is 5.32 Å². The molecular formula is C12H13N3O5. The van der Waals surface area contributed by atoms with Crippen LogP contribution < -0.4 is 16.8 Å². The molecule has 1 rings (SSSR count). The van der Waals surface area contributed by atoms with E-state index >= 15 is 0 Å². The number of amides is 3. The molecule has 0 aliphatic rings. The Morgan fingerprint density at radius 2 is 1.75 bits per heavy atom. The van der Waals surface area contributed by atoms with Gasteiger partial charge in [0.25, 0.3) is 5.91 Å². The first-order valence-electron chi connectivity index (χ1n) is 5.53. The number of rotatable bonds is 6. The standard InChI is InChI=1S/C12H13N3O5/c13-9(16)5-8(12(19)20)15-11(18)7-3-1-2-6(4-7)10(14)17/h1-4,8H,5H2,(H2,13,16)(H2,14,17)(H,15,18)(H,19,20)/t8-/m1/s1. The number of aliphatic carboxylic acids is 1. The zero-order valence-corrected chi connectivity index (χ0v) is 10.3. The van der Waals surface area contributed by atoms with Gasteiger partial charge in [-0.15, -0.1) is 0 Å². The average molecular weight is 279 g/mol. The van der Waals surface area contributed by atoms with Gasteiger partial charge in [0.1, 0.15) is 6.04 Å². The second kappa shape index (κ2) is 6.32. The number of benzene rings is 1. The van der Waals surface area contributed by atoms with E-state index in [2.05, 4.69) is 5.32 Å². The zero-order chi connectivity index (χ0) is 15.3. The number of hydrogen-bond acceptors (Lipinski definition) is 4. The number of carboxylic acids is 1. The Hall–Kier alpha value is -2.90. The molecule has 1 atom stereocenters. The SMILES string of the molecule is NC(=O)C[C@@H](NC(=O)c1cccc(C(N)=O)c1)C(=O)O. The fourth-order valence-electron chi connectivity index (χ4n) is 1.46. The van der Waals surface area contributed by atoms with Crippen LogP contribution in [0.3, 0.4) is 0 Å². The summed E-state index contributed by atoms with van der Waals surface area (Å²) >= 11 is 0. The minimum absolute atomic E-state index is 0.0528. The van der Waals surface area contributed by atoms with Crippen molar-refractivity contribution in [2.45, 2.75) is 12.5 Å². The van der Waals surface area contributed by atoms with E-state index < -0.39 is 36.2 Å². The lowest BCUT2D eigenvalue weighted by molar-refractivity contribution is -0.140. The van der Waals surface area contributed by atoms with Crippen molar-refractivity contribution in [1.29, 1.82) is 0 Å². The molecule has 1 aromatic carbocycles.